The van der Waals surface area contributed by atoms with E-state index < -0.39 is 11.8 Å². The van der Waals surface area contributed by atoms with Crippen LogP contribution in [0.2, 0.25) is 0 Å². The van der Waals surface area contributed by atoms with Gasteiger partial charge in [0.15, 0.2) is 11.5 Å². The van der Waals surface area contributed by atoms with Crippen LogP contribution in [0.5, 0.6) is 17.2 Å². The van der Waals surface area contributed by atoms with Gasteiger partial charge in [0.1, 0.15) is 5.69 Å². The number of nitrogens with one attached hydrogen (secondary N) is 2. The molecule has 1 aromatic heterocycles. The van der Waals surface area contributed by atoms with E-state index in [0.717, 1.165) is 11.1 Å². The summed E-state index contributed by atoms with van der Waals surface area (Å²) in [6.45, 7) is 0.492. The Morgan fingerprint density at radius 3 is 1.97 bits per heavy atom. The molecule has 0 aliphatic heterocycles. The molecule has 0 spiro atoms. The van der Waals surface area contributed by atoms with E-state index in [1.54, 1.807) is 10.9 Å². The first-order valence-corrected chi connectivity index (χ1v) is 11.1. The molecule has 0 fully saturated rings. The molecule has 0 aliphatic rings. The first-order chi connectivity index (χ1) is 17.5. The lowest BCUT2D eigenvalue weighted by atomic mass is 10.1. The third-order valence-electron chi connectivity index (χ3n) is 5.46. The van der Waals surface area contributed by atoms with Crippen molar-refractivity contribution in [2.24, 2.45) is 0 Å². The van der Waals surface area contributed by atoms with Crippen molar-refractivity contribution in [2.75, 3.05) is 21.3 Å². The molecule has 184 valence electrons. The quantitative estimate of drug-likeness (QED) is 0.368. The van der Waals surface area contributed by atoms with Gasteiger partial charge in [-0.25, -0.2) is 0 Å². The normalized spacial score (nSPS) is 10.4. The highest BCUT2D eigenvalue weighted by atomic mass is 16.5. The minimum absolute atomic E-state index is 0.216. The smallest absolute Gasteiger partial charge is 0.273 e. The fourth-order valence-corrected chi connectivity index (χ4v) is 3.71. The Labute approximate surface area is 208 Å². The van der Waals surface area contributed by atoms with E-state index in [2.05, 4.69) is 16.0 Å². The van der Waals surface area contributed by atoms with E-state index >= 15 is 0 Å². The second-order valence-electron chi connectivity index (χ2n) is 7.76. The zero-order chi connectivity index (χ0) is 25.5. The number of hydrogen-bond acceptors (Lipinski definition) is 6. The van der Waals surface area contributed by atoms with Gasteiger partial charge in [-0.3, -0.25) is 25.1 Å². The fourth-order valence-electron chi connectivity index (χ4n) is 3.71. The molecule has 36 heavy (non-hydrogen) atoms. The summed E-state index contributed by atoms with van der Waals surface area (Å²) in [6, 6.07) is 22.2. The summed E-state index contributed by atoms with van der Waals surface area (Å²) in [4.78, 5) is 26.0. The number of ether oxygens (including phenoxy) is 3. The Morgan fingerprint density at radius 2 is 1.39 bits per heavy atom. The van der Waals surface area contributed by atoms with Gasteiger partial charge in [0.25, 0.3) is 11.8 Å². The predicted molar refractivity (Wildman–Crippen MR) is 134 cm³/mol. The molecule has 9 nitrogen and oxygen atoms in total. The van der Waals surface area contributed by atoms with Gasteiger partial charge in [0.05, 0.1) is 33.4 Å². The standard InChI is InChI=1S/C27H26N4O5/c1-34-22-14-20(15-23(35-2)25(22)36-3)26(32)28-29-27(33)21-17-31(16-18-10-6-4-7-11-18)30-24(21)19-12-8-5-9-13-19/h4-15,17H,16H2,1-3H3,(H,28,32)(H,29,33). The van der Waals surface area contributed by atoms with Gasteiger partial charge in [-0.1, -0.05) is 60.7 Å². The van der Waals surface area contributed by atoms with Gasteiger partial charge in [-0.2, -0.15) is 5.10 Å². The minimum Gasteiger partial charge on any atom is -0.493 e. The van der Waals surface area contributed by atoms with E-state index in [1.165, 1.54) is 33.5 Å². The zero-order valence-electron chi connectivity index (χ0n) is 20.1. The van der Waals surface area contributed by atoms with Gasteiger partial charge in [-0.15, -0.1) is 0 Å². The van der Waals surface area contributed by atoms with Crippen LogP contribution in [0.3, 0.4) is 0 Å². The van der Waals surface area contributed by atoms with E-state index in [0.29, 0.717) is 35.1 Å². The second-order valence-corrected chi connectivity index (χ2v) is 7.76. The Morgan fingerprint density at radius 1 is 0.806 bits per heavy atom. The molecule has 0 saturated heterocycles. The van der Waals surface area contributed by atoms with Crippen LogP contribution in [0.15, 0.2) is 79.0 Å². The number of amides is 2. The fraction of sp³-hybridized carbons (Fsp3) is 0.148. The van der Waals surface area contributed by atoms with Crippen LogP contribution in [-0.4, -0.2) is 42.9 Å². The molecule has 4 rings (SSSR count). The predicted octanol–water partition coefficient (Wildman–Crippen LogP) is 3.70. The Hall–Kier alpha value is -4.79. The molecule has 2 N–H and O–H groups in total. The summed E-state index contributed by atoms with van der Waals surface area (Å²) in [5.41, 5.74) is 7.80. The molecule has 0 unspecified atom stereocenters. The van der Waals surface area contributed by atoms with Crippen molar-refractivity contribution >= 4 is 11.8 Å². The Kier molecular flexibility index (Phi) is 7.50. The number of benzene rings is 3. The topological polar surface area (TPSA) is 104 Å². The number of carbonyl (C=O) groups excluding carboxylic acids is 2. The molecule has 0 radical (unpaired) electrons. The number of hydrogen-bond donors (Lipinski definition) is 2. The molecular formula is C27H26N4O5. The van der Waals surface area contributed by atoms with Crippen LogP contribution in [0.1, 0.15) is 26.3 Å². The number of methoxy groups -OCH3 is 3. The van der Waals surface area contributed by atoms with Gasteiger partial charge in [0.2, 0.25) is 5.75 Å². The minimum atomic E-state index is -0.555. The number of aromatic nitrogens is 2. The van der Waals surface area contributed by atoms with Gasteiger partial charge in [0, 0.05) is 17.3 Å². The number of nitrogens with zero attached hydrogens (tertiary/aromatic N) is 2. The van der Waals surface area contributed by atoms with Crippen molar-refractivity contribution in [3.05, 3.63) is 95.7 Å². The van der Waals surface area contributed by atoms with E-state index in [4.69, 9.17) is 14.2 Å². The van der Waals surface area contributed by atoms with Crippen LogP contribution in [0.25, 0.3) is 11.3 Å². The van der Waals surface area contributed by atoms with E-state index in [9.17, 15) is 9.59 Å². The molecule has 0 bridgehead atoms. The maximum absolute atomic E-state index is 13.1. The summed E-state index contributed by atoms with van der Waals surface area (Å²) in [5.74, 6) is -0.0582. The summed E-state index contributed by atoms with van der Waals surface area (Å²) in [6.07, 6.45) is 1.66. The van der Waals surface area contributed by atoms with Crippen LogP contribution in [0.4, 0.5) is 0 Å². The largest absolute Gasteiger partial charge is 0.493 e. The van der Waals surface area contributed by atoms with Crippen molar-refractivity contribution in [3.8, 4) is 28.5 Å². The van der Waals surface area contributed by atoms with Crippen LogP contribution in [-0.2, 0) is 6.54 Å². The van der Waals surface area contributed by atoms with Crippen molar-refractivity contribution in [3.63, 3.8) is 0 Å². The molecule has 0 aliphatic carbocycles. The maximum atomic E-state index is 13.1. The third-order valence-corrected chi connectivity index (χ3v) is 5.46. The van der Waals surface area contributed by atoms with Gasteiger partial charge in [-0.05, 0) is 17.7 Å². The van der Waals surface area contributed by atoms with Crippen molar-refractivity contribution in [1.29, 1.82) is 0 Å². The first kappa shape index (κ1) is 24.3. The highest BCUT2D eigenvalue weighted by Gasteiger charge is 2.21. The lowest BCUT2D eigenvalue weighted by Gasteiger charge is -2.14. The van der Waals surface area contributed by atoms with Gasteiger partial charge >= 0.3 is 0 Å². The Balaban J connectivity index is 1.56. The third kappa shape index (κ3) is 5.30. The average Bonchev–Trinajstić information content (AvgIpc) is 3.35. The SMILES string of the molecule is COc1cc(C(=O)NNC(=O)c2cn(Cc3ccccc3)nc2-c2ccccc2)cc(OC)c1OC. The zero-order valence-corrected chi connectivity index (χ0v) is 20.1. The average molecular weight is 487 g/mol. The van der Waals surface area contributed by atoms with E-state index in [-0.39, 0.29) is 5.56 Å². The summed E-state index contributed by atoms with van der Waals surface area (Å²) in [7, 11) is 4.39. The monoisotopic (exact) mass is 486 g/mol. The second kappa shape index (κ2) is 11.1. The maximum Gasteiger partial charge on any atom is 0.273 e. The molecule has 0 saturated carbocycles. The first-order valence-electron chi connectivity index (χ1n) is 11.1. The molecule has 4 aromatic rings. The molecule has 1 heterocycles. The van der Waals surface area contributed by atoms with Crippen molar-refractivity contribution in [2.45, 2.75) is 6.54 Å². The summed E-state index contributed by atoms with van der Waals surface area (Å²) in [5, 5.41) is 4.64. The van der Waals surface area contributed by atoms with E-state index in [1.807, 2.05) is 60.7 Å². The Bertz CT molecular complexity index is 1330. The summed E-state index contributed by atoms with van der Waals surface area (Å²) < 4.78 is 17.6. The number of hydrazine groups is 1. The number of rotatable bonds is 8. The molecule has 0 atom stereocenters. The van der Waals surface area contributed by atoms with Crippen molar-refractivity contribution < 1.29 is 23.8 Å². The lowest BCUT2D eigenvalue weighted by Crippen LogP contribution is -2.41. The molecular weight excluding hydrogens is 460 g/mol. The van der Waals surface area contributed by atoms with Crippen LogP contribution < -0.4 is 25.1 Å². The lowest BCUT2D eigenvalue weighted by molar-refractivity contribution is 0.0846. The highest BCUT2D eigenvalue weighted by Crippen LogP contribution is 2.38. The van der Waals surface area contributed by atoms with Gasteiger partial charge < -0.3 is 14.2 Å². The molecule has 3 aromatic carbocycles. The molecule has 2 amide bonds. The van der Waals surface area contributed by atoms with Crippen LogP contribution in [0, 0.1) is 0 Å². The van der Waals surface area contributed by atoms with Crippen LogP contribution >= 0.6 is 0 Å². The molecule has 9 heteroatoms. The summed E-state index contributed by atoms with van der Waals surface area (Å²) >= 11 is 0. The van der Waals surface area contributed by atoms with Crippen molar-refractivity contribution in [1.82, 2.24) is 20.6 Å². The highest BCUT2D eigenvalue weighted by molar-refractivity contribution is 6.02. The number of carbonyl (C=O) groups is 2.